The van der Waals surface area contributed by atoms with E-state index in [1.165, 1.54) is 25.3 Å². The zero-order chi connectivity index (χ0) is 18.8. The fourth-order valence-corrected chi connectivity index (χ4v) is 2.16. The van der Waals surface area contributed by atoms with Crippen molar-refractivity contribution in [2.24, 2.45) is 5.73 Å². The molecule has 0 unspecified atom stereocenters. The summed E-state index contributed by atoms with van der Waals surface area (Å²) in [5.41, 5.74) is 3.53. The zero-order valence-electron chi connectivity index (χ0n) is 13.1. The second-order valence-electron chi connectivity index (χ2n) is 4.92. The summed E-state index contributed by atoms with van der Waals surface area (Å²) < 4.78 is 49.4. The second-order valence-corrected chi connectivity index (χ2v) is 4.92. The van der Waals surface area contributed by atoms with Crippen LogP contribution in [0.4, 0.5) is 13.2 Å². The van der Waals surface area contributed by atoms with Gasteiger partial charge in [0.15, 0.2) is 11.5 Å². The number of benzene rings is 1. The molecule has 0 saturated heterocycles. The van der Waals surface area contributed by atoms with Crippen molar-refractivity contribution in [3.63, 3.8) is 0 Å². The Hall–Kier alpha value is -3.28. The van der Waals surface area contributed by atoms with Gasteiger partial charge < -0.3 is 15.2 Å². The van der Waals surface area contributed by atoms with E-state index >= 15 is 0 Å². The van der Waals surface area contributed by atoms with Crippen molar-refractivity contribution in [1.82, 2.24) is 4.98 Å². The highest BCUT2D eigenvalue weighted by Gasteiger charge is 2.35. The van der Waals surface area contributed by atoms with Gasteiger partial charge in [0, 0.05) is 12.3 Å². The summed E-state index contributed by atoms with van der Waals surface area (Å²) in [5.74, 6) is -1.29. The number of hydrogen-bond donors (Lipinski definition) is 1. The van der Waals surface area contributed by atoms with Crippen molar-refractivity contribution in [2.75, 3.05) is 7.11 Å². The first-order chi connectivity index (χ1) is 11.7. The van der Waals surface area contributed by atoms with E-state index in [1.54, 1.807) is 0 Å². The molecule has 0 bridgehead atoms. The molecule has 1 aromatic heterocycles. The first-order valence-corrected chi connectivity index (χ1v) is 6.81. The predicted molar refractivity (Wildman–Crippen MR) is 80.3 cm³/mol. The van der Waals surface area contributed by atoms with Gasteiger partial charge in [-0.2, -0.15) is 18.4 Å². The van der Waals surface area contributed by atoms with E-state index < -0.39 is 28.8 Å². The fourth-order valence-electron chi connectivity index (χ4n) is 2.16. The van der Waals surface area contributed by atoms with Crippen LogP contribution in [-0.4, -0.2) is 18.0 Å². The number of nitrogens with two attached hydrogens (primary N) is 1. The van der Waals surface area contributed by atoms with Crippen LogP contribution >= 0.6 is 0 Å². The number of rotatable bonds is 4. The molecule has 2 aromatic rings. The molecule has 1 aromatic carbocycles. The zero-order valence-corrected chi connectivity index (χ0v) is 13.1. The monoisotopic (exact) mass is 351 g/mol. The minimum absolute atomic E-state index is 0.0654. The lowest BCUT2D eigenvalue weighted by Gasteiger charge is -2.16. The van der Waals surface area contributed by atoms with Crippen molar-refractivity contribution >= 4 is 5.91 Å². The van der Waals surface area contributed by atoms with Gasteiger partial charge in [-0.1, -0.05) is 0 Å². The molecular formula is C16H12F3N3O3. The van der Waals surface area contributed by atoms with Gasteiger partial charge in [0.05, 0.1) is 24.3 Å². The van der Waals surface area contributed by atoms with Gasteiger partial charge >= 0.3 is 6.18 Å². The lowest BCUT2D eigenvalue weighted by atomic mass is 10.0. The number of aromatic nitrogens is 1. The van der Waals surface area contributed by atoms with E-state index in [0.29, 0.717) is 6.20 Å². The minimum Gasteiger partial charge on any atom is -0.493 e. The van der Waals surface area contributed by atoms with Crippen molar-refractivity contribution < 1.29 is 27.4 Å². The highest BCUT2D eigenvalue weighted by molar-refractivity contribution is 5.97. The summed E-state index contributed by atoms with van der Waals surface area (Å²) in [6.45, 7) is 1.10. The third-order valence-electron chi connectivity index (χ3n) is 3.35. The summed E-state index contributed by atoms with van der Waals surface area (Å²) in [7, 11) is 1.32. The molecule has 0 aliphatic heterocycles. The Morgan fingerprint density at radius 1 is 1.32 bits per heavy atom. The van der Waals surface area contributed by atoms with Crippen LogP contribution in [0.2, 0.25) is 0 Å². The van der Waals surface area contributed by atoms with Crippen molar-refractivity contribution in [3.8, 4) is 23.4 Å². The standard InChI is InChI=1S/C16H12F3N3O3/c1-8-10(16(17,18)19)7-22-15(13(8)14(21)23)25-11-4-3-9(6-20)5-12(11)24-2/h3-5,7H,1-2H3,(H2,21,23). The Morgan fingerprint density at radius 3 is 2.52 bits per heavy atom. The van der Waals surface area contributed by atoms with Gasteiger partial charge in [0.1, 0.15) is 5.56 Å². The number of amides is 1. The van der Waals surface area contributed by atoms with Gasteiger partial charge in [0.25, 0.3) is 5.91 Å². The molecule has 130 valence electrons. The molecule has 0 radical (unpaired) electrons. The number of methoxy groups -OCH3 is 1. The SMILES string of the molecule is COc1cc(C#N)ccc1Oc1ncc(C(F)(F)F)c(C)c1C(N)=O. The number of alkyl halides is 3. The number of carbonyl (C=O) groups is 1. The lowest BCUT2D eigenvalue weighted by molar-refractivity contribution is -0.138. The van der Waals surface area contributed by atoms with Crippen LogP contribution in [0.1, 0.15) is 27.0 Å². The van der Waals surface area contributed by atoms with Crippen molar-refractivity contribution in [1.29, 1.82) is 5.26 Å². The van der Waals surface area contributed by atoms with Gasteiger partial charge in [-0.3, -0.25) is 4.79 Å². The number of carbonyl (C=O) groups excluding carboxylic acids is 1. The van der Waals surface area contributed by atoms with E-state index in [1.807, 2.05) is 6.07 Å². The average Bonchev–Trinajstić information content (AvgIpc) is 2.53. The maximum Gasteiger partial charge on any atom is 0.418 e. The van der Waals surface area contributed by atoms with Crippen LogP contribution < -0.4 is 15.2 Å². The normalized spacial score (nSPS) is 10.9. The molecule has 2 rings (SSSR count). The molecular weight excluding hydrogens is 339 g/mol. The van der Waals surface area contributed by atoms with Gasteiger partial charge in [-0.25, -0.2) is 4.98 Å². The molecule has 0 fully saturated rings. The fraction of sp³-hybridized carbons (Fsp3) is 0.188. The molecule has 2 N–H and O–H groups in total. The molecule has 9 heteroatoms. The third-order valence-corrected chi connectivity index (χ3v) is 3.35. The third kappa shape index (κ3) is 3.63. The maximum atomic E-state index is 13.0. The average molecular weight is 351 g/mol. The highest BCUT2D eigenvalue weighted by atomic mass is 19.4. The second kappa shape index (κ2) is 6.68. The Kier molecular flexibility index (Phi) is 4.83. The van der Waals surface area contributed by atoms with E-state index in [2.05, 4.69) is 4.98 Å². The molecule has 6 nitrogen and oxygen atoms in total. The summed E-state index contributed by atoms with van der Waals surface area (Å²) >= 11 is 0. The molecule has 0 atom stereocenters. The van der Waals surface area contributed by atoms with Gasteiger partial charge in [-0.05, 0) is 24.6 Å². The Labute approximate surface area is 140 Å². The maximum absolute atomic E-state index is 13.0. The smallest absolute Gasteiger partial charge is 0.418 e. The molecule has 1 amide bonds. The predicted octanol–water partition coefficient (Wildman–Crippen LogP) is 3.18. The molecule has 0 spiro atoms. The number of nitrogens with zero attached hydrogens (tertiary/aromatic N) is 2. The Morgan fingerprint density at radius 2 is 2.00 bits per heavy atom. The van der Waals surface area contributed by atoms with E-state index in [4.69, 9.17) is 20.5 Å². The van der Waals surface area contributed by atoms with Crippen LogP contribution in [0.3, 0.4) is 0 Å². The number of halogens is 3. The largest absolute Gasteiger partial charge is 0.493 e. The van der Waals surface area contributed by atoms with Crippen LogP contribution in [0, 0.1) is 18.3 Å². The molecule has 0 saturated carbocycles. The molecule has 1 heterocycles. The molecule has 0 aliphatic carbocycles. The Balaban J connectivity index is 2.56. The first kappa shape index (κ1) is 18.1. The summed E-state index contributed by atoms with van der Waals surface area (Å²) in [6, 6.07) is 6.06. The highest BCUT2D eigenvalue weighted by Crippen LogP contribution is 2.37. The topological polar surface area (TPSA) is 98.2 Å². The number of hydrogen-bond acceptors (Lipinski definition) is 5. The number of pyridine rings is 1. The quantitative estimate of drug-likeness (QED) is 0.912. The summed E-state index contributed by atoms with van der Waals surface area (Å²) in [4.78, 5) is 15.2. The Bertz CT molecular complexity index is 873. The van der Waals surface area contributed by atoms with Gasteiger partial charge in [-0.15, -0.1) is 0 Å². The lowest BCUT2D eigenvalue weighted by Crippen LogP contribution is -2.19. The van der Waals surface area contributed by atoms with E-state index in [-0.39, 0.29) is 22.9 Å². The van der Waals surface area contributed by atoms with Crippen LogP contribution in [0.25, 0.3) is 0 Å². The van der Waals surface area contributed by atoms with Crippen LogP contribution in [0.5, 0.6) is 17.4 Å². The summed E-state index contributed by atoms with van der Waals surface area (Å²) in [5, 5.41) is 8.87. The first-order valence-electron chi connectivity index (χ1n) is 6.81. The molecule has 25 heavy (non-hydrogen) atoms. The van der Waals surface area contributed by atoms with Crippen molar-refractivity contribution in [2.45, 2.75) is 13.1 Å². The van der Waals surface area contributed by atoms with E-state index in [9.17, 15) is 18.0 Å². The minimum atomic E-state index is -4.69. The van der Waals surface area contributed by atoms with Crippen LogP contribution in [-0.2, 0) is 6.18 Å². The van der Waals surface area contributed by atoms with Crippen LogP contribution in [0.15, 0.2) is 24.4 Å². The molecule has 0 aliphatic rings. The van der Waals surface area contributed by atoms with Crippen molar-refractivity contribution in [3.05, 3.63) is 46.6 Å². The summed E-state index contributed by atoms with van der Waals surface area (Å²) in [6.07, 6.45) is -4.13. The number of primary amides is 1. The van der Waals surface area contributed by atoms with Gasteiger partial charge in [0.2, 0.25) is 5.88 Å². The number of ether oxygens (including phenoxy) is 2. The van der Waals surface area contributed by atoms with E-state index in [0.717, 1.165) is 6.92 Å². The number of nitriles is 1.